The molecule has 2 aromatic rings. The highest BCUT2D eigenvalue weighted by Gasteiger charge is 2.26. The zero-order chi connectivity index (χ0) is 21.1. The van der Waals surface area contributed by atoms with Gasteiger partial charge in [-0.1, -0.05) is 11.8 Å². The lowest BCUT2D eigenvalue weighted by molar-refractivity contribution is -0.140. The number of esters is 1. The van der Waals surface area contributed by atoms with Crippen LogP contribution in [0.5, 0.6) is 0 Å². The number of fused-ring (bicyclic) bond motifs is 1. The predicted octanol–water partition coefficient (Wildman–Crippen LogP) is 0.805. The summed E-state index contributed by atoms with van der Waals surface area (Å²) in [4.78, 5) is 54.4. The number of carbonyl (C=O) groups excluding carboxylic acids is 3. The van der Waals surface area contributed by atoms with Crippen LogP contribution in [-0.4, -0.2) is 62.9 Å². The van der Waals surface area contributed by atoms with Crippen LogP contribution in [0, 0.1) is 0 Å². The molecule has 0 unspecified atom stereocenters. The summed E-state index contributed by atoms with van der Waals surface area (Å²) in [6.45, 7) is 1.94. The van der Waals surface area contributed by atoms with Crippen molar-refractivity contribution in [3.8, 4) is 0 Å². The van der Waals surface area contributed by atoms with Crippen molar-refractivity contribution in [1.29, 1.82) is 0 Å². The normalized spacial score (nSPS) is 15.0. The molecule has 0 saturated carbocycles. The van der Waals surface area contributed by atoms with E-state index in [4.69, 9.17) is 4.74 Å². The van der Waals surface area contributed by atoms with Gasteiger partial charge in [-0.05, 0) is 31.5 Å². The molecule has 1 fully saturated rings. The topological polar surface area (TPSA) is 119 Å². The lowest BCUT2D eigenvalue weighted by Crippen LogP contribution is -2.34. The molecule has 0 aliphatic carbocycles. The maximum Gasteiger partial charge on any atom is 0.337 e. The first-order chi connectivity index (χ1) is 13.8. The molecular formula is C19H21N3O6S. The molecule has 29 heavy (non-hydrogen) atoms. The lowest BCUT2D eigenvalue weighted by Gasteiger charge is -2.16. The smallest absolute Gasteiger partial charge is 0.337 e. The average molecular weight is 419 g/mol. The molecule has 2 amide bonds. The fourth-order valence-electron chi connectivity index (χ4n) is 3.10. The van der Waals surface area contributed by atoms with Gasteiger partial charge in [-0.3, -0.25) is 23.9 Å². The van der Waals surface area contributed by atoms with E-state index in [-0.39, 0.29) is 51.3 Å². The number of rotatable bonds is 6. The Bertz CT molecular complexity index is 1030. The zero-order valence-electron chi connectivity index (χ0n) is 16.1. The molecule has 1 saturated heterocycles. The van der Waals surface area contributed by atoms with E-state index in [1.807, 2.05) is 0 Å². The van der Waals surface area contributed by atoms with Gasteiger partial charge in [-0.15, -0.1) is 0 Å². The maximum atomic E-state index is 12.9. The Morgan fingerprint density at radius 2 is 2.10 bits per heavy atom. The van der Waals surface area contributed by atoms with E-state index in [1.54, 1.807) is 6.92 Å². The van der Waals surface area contributed by atoms with E-state index >= 15 is 0 Å². The number of thioether (sulfide) groups is 1. The summed E-state index contributed by atoms with van der Waals surface area (Å²) in [5.74, 6) is -1.18. The van der Waals surface area contributed by atoms with Crippen molar-refractivity contribution in [3.63, 3.8) is 0 Å². The fraction of sp³-hybridized carbons (Fsp3) is 0.421. The van der Waals surface area contributed by atoms with Crippen molar-refractivity contribution >= 4 is 40.4 Å². The Morgan fingerprint density at radius 3 is 2.72 bits per heavy atom. The molecule has 1 aliphatic heterocycles. The van der Waals surface area contributed by atoms with Crippen LogP contribution in [0.1, 0.15) is 30.1 Å². The zero-order valence-corrected chi connectivity index (χ0v) is 16.9. The van der Waals surface area contributed by atoms with Gasteiger partial charge in [0.2, 0.25) is 11.8 Å². The third-order valence-corrected chi connectivity index (χ3v) is 5.45. The number of likely N-dealkylation sites (tertiary alicyclic amines) is 1. The van der Waals surface area contributed by atoms with E-state index < -0.39 is 12.1 Å². The molecule has 2 heterocycles. The van der Waals surface area contributed by atoms with Crippen molar-refractivity contribution in [2.24, 2.45) is 0 Å². The number of hydrogen-bond donors (Lipinski definition) is 1. The van der Waals surface area contributed by atoms with Crippen LogP contribution in [-0.2, 0) is 20.9 Å². The third kappa shape index (κ3) is 4.48. The van der Waals surface area contributed by atoms with Gasteiger partial charge in [0.25, 0.3) is 5.56 Å². The van der Waals surface area contributed by atoms with E-state index in [2.05, 4.69) is 4.98 Å². The highest BCUT2D eigenvalue weighted by molar-refractivity contribution is 7.99. The van der Waals surface area contributed by atoms with Gasteiger partial charge in [0.05, 0.1) is 42.0 Å². The first-order valence-corrected chi connectivity index (χ1v) is 10.1. The van der Waals surface area contributed by atoms with Crippen LogP contribution >= 0.6 is 11.8 Å². The number of carbonyl (C=O) groups is 3. The minimum absolute atomic E-state index is 0.000303. The highest BCUT2D eigenvalue weighted by atomic mass is 32.2. The van der Waals surface area contributed by atoms with Crippen LogP contribution in [0.4, 0.5) is 0 Å². The van der Waals surface area contributed by atoms with Crippen LogP contribution in [0.25, 0.3) is 10.9 Å². The van der Waals surface area contributed by atoms with Gasteiger partial charge in [-0.2, -0.15) is 0 Å². The molecule has 0 spiro atoms. The SMILES string of the molecule is COC(=O)c1ccc2c(=O)n(C[C@H](C)O)c(SCC(=O)N3CCCC3=O)nc2c1. The number of amides is 2. The van der Waals surface area contributed by atoms with E-state index in [0.29, 0.717) is 19.4 Å². The summed E-state index contributed by atoms with van der Waals surface area (Å²) in [7, 11) is 1.26. The summed E-state index contributed by atoms with van der Waals surface area (Å²) >= 11 is 1.02. The molecule has 154 valence electrons. The minimum Gasteiger partial charge on any atom is -0.465 e. The molecule has 0 radical (unpaired) electrons. The molecule has 1 atom stereocenters. The molecule has 1 aromatic heterocycles. The second-order valence-electron chi connectivity index (χ2n) is 6.71. The Morgan fingerprint density at radius 1 is 1.34 bits per heavy atom. The predicted molar refractivity (Wildman–Crippen MR) is 106 cm³/mol. The second kappa shape index (κ2) is 8.75. The summed E-state index contributed by atoms with van der Waals surface area (Å²) in [5, 5.41) is 10.3. The number of benzene rings is 1. The van der Waals surface area contributed by atoms with Crippen LogP contribution < -0.4 is 5.56 Å². The molecule has 1 aromatic carbocycles. The standard InChI is InChI=1S/C19H21N3O6S/c1-11(23)9-22-17(26)13-6-5-12(18(27)28-2)8-14(13)20-19(22)29-10-16(25)21-7-3-4-15(21)24/h5-6,8,11,23H,3-4,7,9-10H2,1-2H3/t11-/m0/s1. The van der Waals surface area contributed by atoms with Crippen molar-refractivity contribution in [2.45, 2.75) is 37.6 Å². The molecule has 10 heteroatoms. The first-order valence-electron chi connectivity index (χ1n) is 9.08. The minimum atomic E-state index is -0.809. The third-order valence-electron chi connectivity index (χ3n) is 4.49. The quantitative estimate of drug-likeness (QED) is 0.415. The second-order valence-corrected chi connectivity index (χ2v) is 7.66. The molecule has 1 aliphatic rings. The summed E-state index contributed by atoms with van der Waals surface area (Å²) in [6.07, 6.45) is 0.191. The highest BCUT2D eigenvalue weighted by Crippen LogP contribution is 2.21. The number of aliphatic hydroxyl groups is 1. The van der Waals surface area contributed by atoms with Crippen molar-refractivity contribution < 1.29 is 24.2 Å². The van der Waals surface area contributed by atoms with E-state index in [1.165, 1.54) is 34.8 Å². The van der Waals surface area contributed by atoms with Gasteiger partial charge in [0.1, 0.15) is 0 Å². The van der Waals surface area contributed by atoms with Gasteiger partial charge in [0, 0.05) is 13.0 Å². The maximum absolute atomic E-state index is 12.9. The average Bonchev–Trinajstić information content (AvgIpc) is 3.13. The summed E-state index contributed by atoms with van der Waals surface area (Å²) in [5.41, 5.74) is 0.140. The summed E-state index contributed by atoms with van der Waals surface area (Å²) in [6, 6.07) is 4.41. The number of methoxy groups -OCH3 is 1. The van der Waals surface area contributed by atoms with Gasteiger partial charge in [-0.25, -0.2) is 9.78 Å². The van der Waals surface area contributed by atoms with Gasteiger partial charge >= 0.3 is 5.97 Å². The van der Waals surface area contributed by atoms with Gasteiger partial charge < -0.3 is 9.84 Å². The first kappa shape index (κ1) is 21.0. The number of aliphatic hydroxyl groups excluding tert-OH is 1. The largest absolute Gasteiger partial charge is 0.465 e. The van der Waals surface area contributed by atoms with Crippen LogP contribution in [0.15, 0.2) is 28.2 Å². The van der Waals surface area contributed by atoms with Gasteiger partial charge in [0.15, 0.2) is 5.16 Å². The Kier molecular flexibility index (Phi) is 6.33. The number of imide groups is 1. The molecule has 1 N–H and O–H groups in total. The van der Waals surface area contributed by atoms with Crippen LogP contribution in [0.3, 0.4) is 0 Å². The monoisotopic (exact) mass is 419 g/mol. The van der Waals surface area contributed by atoms with Crippen molar-refractivity contribution in [1.82, 2.24) is 14.5 Å². The number of nitrogens with zero attached hydrogens (tertiary/aromatic N) is 3. The summed E-state index contributed by atoms with van der Waals surface area (Å²) < 4.78 is 6.00. The van der Waals surface area contributed by atoms with E-state index in [0.717, 1.165) is 11.8 Å². The van der Waals surface area contributed by atoms with Crippen molar-refractivity contribution in [2.75, 3.05) is 19.4 Å². The Hall–Kier alpha value is -2.72. The molecule has 0 bridgehead atoms. The molecule has 3 rings (SSSR count). The van der Waals surface area contributed by atoms with Crippen LogP contribution in [0.2, 0.25) is 0 Å². The Balaban J connectivity index is 1.97. The number of aromatic nitrogens is 2. The number of ether oxygens (including phenoxy) is 1. The molecular weight excluding hydrogens is 398 g/mol. The molecule has 9 nitrogen and oxygen atoms in total. The fourth-order valence-corrected chi connectivity index (χ4v) is 3.98. The lowest BCUT2D eigenvalue weighted by atomic mass is 10.1. The Labute approximate surface area is 170 Å². The number of hydrogen-bond acceptors (Lipinski definition) is 8. The van der Waals surface area contributed by atoms with E-state index in [9.17, 15) is 24.3 Å². The van der Waals surface area contributed by atoms with Crippen molar-refractivity contribution in [3.05, 3.63) is 34.1 Å².